The predicted molar refractivity (Wildman–Crippen MR) is 150 cm³/mol. The lowest BCUT2D eigenvalue weighted by Crippen LogP contribution is -2.51. The largest absolute Gasteiger partial charge is 0.454 e. The smallest absolute Gasteiger partial charge is 0.243 e. The molecule has 1 saturated carbocycles. The molecule has 212 valence electrons. The number of carbonyl (C=O) groups excluding carboxylic acids is 2. The minimum Gasteiger partial charge on any atom is -0.454 e. The number of rotatable bonds is 12. The van der Waals surface area contributed by atoms with Gasteiger partial charge in [0, 0.05) is 31.6 Å². The molecule has 1 atom stereocenters. The average Bonchev–Trinajstić information content (AvgIpc) is 3.58. The second-order valence-electron chi connectivity index (χ2n) is 10.3. The number of amides is 2. The third-order valence-electron chi connectivity index (χ3n) is 7.49. The average molecular weight is 558 g/mol. The summed E-state index contributed by atoms with van der Waals surface area (Å²) in [4.78, 5) is 28.7. The number of hydrogen-bond donors (Lipinski definition) is 1. The summed E-state index contributed by atoms with van der Waals surface area (Å²) in [6, 6.07) is 12.4. The van der Waals surface area contributed by atoms with E-state index in [1.807, 2.05) is 38.1 Å². The molecular weight excluding hydrogens is 518 g/mol. The Labute approximate surface area is 231 Å². The SMILES string of the molecule is CCC(C(=O)NC1CCCC1)N(Cc1ccccc1C)C(=O)CCCN(c1ccc2c(c1)OCO2)S(C)(=O)=O. The number of ether oxygens (including phenoxy) is 2. The second-order valence-corrected chi connectivity index (χ2v) is 12.2. The van der Waals surface area contributed by atoms with E-state index in [2.05, 4.69) is 5.32 Å². The zero-order valence-electron chi connectivity index (χ0n) is 23.0. The number of hydrogen-bond acceptors (Lipinski definition) is 6. The van der Waals surface area contributed by atoms with Crippen molar-refractivity contribution in [3.05, 3.63) is 53.6 Å². The van der Waals surface area contributed by atoms with Crippen molar-refractivity contribution in [2.75, 3.05) is 23.9 Å². The highest BCUT2D eigenvalue weighted by Gasteiger charge is 2.31. The molecule has 0 bridgehead atoms. The van der Waals surface area contributed by atoms with E-state index in [-0.39, 0.29) is 37.6 Å². The first-order valence-electron chi connectivity index (χ1n) is 13.7. The summed E-state index contributed by atoms with van der Waals surface area (Å²) in [6.07, 6.45) is 6.18. The first-order chi connectivity index (χ1) is 18.7. The van der Waals surface area contributed by atoms with Crippen LogP contribution in [-0.2, 0) is 26.2 Å². The van der Waals surface area contributed by atoms with Gasteiger partial charge in [0.05, 0.1) is 11.9 Å². The summed E-state index contributed by atoms with van der Waals surface area (Å²) in [5.41, 5.74) is 2.48. The van der Waals surface area contributed by atoms with Gasteiger partial charge in [-0.15, -0.1) is 0 Å². The molecule has 1 unspecified atom stereocenters. The monoisotopic (exact) mass is 557 g/mol. The number of nitrogens with zero attached hydrogens (tertiary/aromatic N) is 2. The summed E-state index contributed by atoms with van der Waals surface area (Å²) < 4.78 is 37.3. The Hall–Kier alpha value is -3.27. The maximum Gasteiger partial charge on any atom is 0.243 e. The number of anilines is 1. The van der Waals surface area contributed by atoms with E-state index in [1.165, 1.54) is 4.31 Å². The summed E-state index contributed by atoms with van der Waals surface area (Å²) in [5.74, 6) is 0.756. The van der Waals surface area contributed by atoms with Crippen LogP contribution in [0.4, 0.5) is 5.69 Å². The van der Waals surface area contributed by atoms with Crippen LogP contribution in [0.5, 0.6) is 11.5 Å². The van der Waals surface area contributed by atoms with Gasteiger partial charge in [-0.1, -0.05) is 44.0 Å². The molecular formula is C29H39N3O6S. The third kappa shape index (κ3) is 7.23. The fraction of sp³-hybridized carbons (Fsp3) is 0.517. The van der Waals surface area contributed by atoms with Crippen molar-refractivity contribution in [2.45, 2.75) is 77.4 Å². The number of carbonyl (C=O) groups is 2. The van der Waals surface area contributed by atoms with Crippen LogP contribution in [0.15, 0.2) is 42.5 Å². The maximum atomic E-state index is 13.7. The third-order valence-corrected chi connectivity index (χ3v) is 8.68. The van der Waals surface area contributed by atoms with Gasteiger partial charge in [0.1, 0.15) is 6.04 Å². The first kappa shape index (κ1) is 28.7. The number of fused-ring (bicyclic) bond motifs is 1. The van der Waals surface area contributed by atoms with Gasteiger partial charge in [-0.25, -0.2) is 8.42 Å². The Morgan fingerprint density at radius 2 is 1.79 bits per heavy atom. The zero-order valence-corrected chi connectivity index (χ0v) is 23.8. The quantitative estimate of drug-likeness (QED) is 0.421. The van der Waals surface area contributed by atoms with Crippen molar-refractivity contribution in [1.82, 2.24) is 10.2 Å². The molecule has 4 rings (SSSR count). The van der Waals surface area contributed by atoms with Gasteiger partial charge in [0.25, 0.3) is 0 Å². The van der Waals surface area contributed by atoms with Crippen LogP contribution in [-0.4, -0.2) is 56.8 Å². The van der Waals surface area contributed by atoms with Gasteiger partial charge in [0.15, 0.2) is 11.5 Å². The molecule has 0 aromatic heterocycles. The van der Waals surface area contributed by atoms with Crippen LogP contribution in [0.25, 0.3) is 0 Å². The van der Waals surface area contributed by atoms with Crippen molar-refractivity contribution < 1.29 is 27.5 Å². The highest BCUT2D eigenvalue weighted by molar-refractivity contribution is 7.92. The fourth-order valence-corrected chi connectivity index (χ4v) is 6.26. The topological polar surface area (TPSA) is 105 Å². The molecule has 0 spiro atoms. The van der Waals surface area contributed by atoms with Crippen LogP contribution in [0.2, 0.25) is 0 Å². The molecule has 2 aromatic rings. The van der Waals surface area contributed by atoms with Crippen molar-refractivity contribution >= 4 is 27.5 Å². The molecule has 0 saturated heterocycles. The normalized spacial score (nSPS) is 15.7. The van der Waals surface area contributed by atoms with E-state index in [9.17, 15) is 18.0 Å². The van der Waals surface area contributed by atoms with Crippen molar-refractivity contribution in [1.29, 1.82) is 0 Å². The van der Waals surface area contributed by atoms with Gasteiger partial charge < -0.3 is 19.7 Å². The highest BCUT2D eigenvalue weighted by atomic mass is 32.2. The lowest BCUT2D eigenvalue weighted by atomic mass is 10.0. The maximum absolute atomic E-state index is 13.7. The van der Waals surface area contributed by atoms with Crippen LogP contribution in [0, 0.1) is 6.92 Å². The summed E-state index contributed by atoms with van der Waals surface area (Å²) in [6.45, 7) is 4.44. The van der Waals surface area contributed by atoms with E-state index in [0.29, 0.717) is 36.6 Å². The standard InChI is InChI=1S/C29H39N3O6S/c1-4-25(29(34)30-23-12-7-8-13-23)31(19-22-11-6-5-10-21(22)2)28(33)14-9-17-32(39(3,35)36)24-15-16-26-27(18-24)38-20-37-26/h5-6,10-11,15-16,18,23,25H,4,7-9,12-14,17,19-20H2,1-3H3,(H,30,34). The molecule has 1 N–H and O–H groups in total. The van der Waals surface area contributed by atoms with Gasteiger partial charge in [-0.2, -0.15) is 0 Å². The highest BCUT2D eigenvalue weighted by Crippen LogP contribution is 2.36. The van der Waals surface area contributed by atoms with Crippen LogP contribution in [0.3, 0.4) is 0 Å². The van der Waals surface area contributed by atoms with Gasteiger partial charge in [0.2, 0.25) is 28.6 Å². The van der Waals surface area contributed by atoms with Gasteiger partial charge in [-0.3, -0.25) is 13.9 Å². The minimum atomic E-state index is -3.61. The van der Waals surface area contributed by atoms with Crippen molar-refractivity contribution in [3.8, 4) is 11.5 Å². The predicted octanol–water partition coefficient (Wildman–Crippen LogP) is 4.14. The summed E-state index contributed by atoms with van der Waals surface area (Å²) >= 11 is 0. The van der Waals surface area contributed by atoms with Crippen LogP contribution < -0.4 is 19.1 Å². The molecule has 1 aliphatic heterocycles. The van der Waals surface area contributed by atoms with E-state index in [0.717, 1.165) is 43.1 Å². The molecule has 9 nitrogen and oxygen atoms in total. The van der Waals surface area contributed by atoms with E-state index >= 15 is 0 Å². The lowest BCUT2D eigenvalue weighted by Gasteiger charge is -2.32. The second kappa shape index (κ2) is 12.7. The Bertz CT molecular complexity index is 1280. The molecule has 0 radical (unpaired) electrons. The van der Waals surface area contributed by atoms with E-state index < -0.39 is 16.1 Å². The molecule has 2 aliphatic rings. The van der Waals surface area contributed by atoms with Crippen molar-refractivity contribution in [2.24, 2.45) is 0 Å². The number of benzene rings is 2. The molecule has 1 fully saturated rings. The number of aryl methyl sites for hydroxylation is 1. The molecule has 1 aliphatic carbocycles. The number of sulfonamides is 1. The van der Waals surface area contributed by atoms with Gasteiger partial charge in [-0.05, 0) is 55.9 Å². The van der Waals surface area contributed by atoms with Crippen LogP contribution >= 0.6 is 0 Å². The first-order valence-corrected chi connectivity index (χ1v) is 15.5. The Morgan fingerprint density at radius 1 is 1.08 bits per heavy atom. The number of nitrogens with one attached hydrogen (secondary N) is 1. The van der Waals surface area contributed by atoms with Crippen LogP contribution in [0.1, 0.15) is 63.0 Å². The minimum absolute atomic E-state index is 0.0931. The fourth-order valence-electron chi connectivity index (χ4n) is 5.30. The van der Waals surface area contributed by atoms with Crippen molar-refractivity contribution in [3.63, 3.8) is 0 Å². The van der Waals surface area contributed by atoms with Gasteiger partial charge >= 0.3 is 0 Å². The summed E-state index contributed by atoms with van der Waals surface area (Å²) in [5, 5.41) is 3.16. The Morgan fingerprint density at radius 3 is 2.49 bits per heavy atom. The van der Waals surface area contributed by atoms with E-state index in [4.69, 9.17) is 9.47 Å². The Balaban J connectivity index is 1.49. The van der Waals surface area contributed by atoms with E-state index in [1.54, 1.807) is 23.1 Å². The molecule has 2 amide bonds. The Kier molecular flexibility index (Phi) is 9.37. The lowest BCUT2D eigenvalue weighted by molar-refractivity contribution is -0.141. The molecule has 2 aromatic carbocycles. The molecule has 10 heteroatoms. The molecule has 39 heavy (non-hydrogen) atoms. The zero-order chi connectivity index (χ0) is 28.0. The summed E-state index contributed by atoms with van der Waals surface area (Å²) in [7, 11) is -3.61. The molecule has 1 heterocycles.